The van der Waals surface area contributed by atoms with Gasteiger partial charge in [0.15, 0.2) is 0 Å². The Labute approximate surface area is 106 Å². The molecule has 0 saturated heterocycles. The average Bonchev–Trinajstić information content (AvgIpc) is 2.28. The van der Waals surface area contributed by atoms with Crippen molar-refractivity contribution in [3.05, 3.63) is 29.8 Å². The number of ether oxygens (including phenoxy) is 1. The van der Waals surface area contributed by atoms with Crippen LogP contribution in [-0.2, 0) is 4.79 Å². The first-order valence-electron chi connectivity index (χ1n) is 5.77. The van der Waals surface area contributed by atoms with Crippen LogP contribution in [-0.4, -0.2) is 23.7 Å². The maximum absolute atomic E-state index is 11.4. The molecule has 0 aliphatic heterocycles. The Balaban J connectivity index is 2.56. The lowest BCUT2D eigenvalue weighted by Gasteiger charge is -2.12. The maximum Gasteiger partial charge on any atom is 0.412 e. The number of carboxylic acids is 1. The monoisotopic (exact) mass is 251 g/mol. The van der Waals surface area contributed by atoms with Crippen molar-refractivity contribution in [2.24, 2.45) is 0 Å². The van der Waals surface area contributed by atoms with Crippen LogP contribution in [0.4, 0.5) is 4.79 Å². The minimum Gasteiger partial charge on any atom is -0.481 e. The lowest BCUT2D eigenvalue weighted by atomic mass is 10.0. The van der Waals surface area contributed by atoms with Gasteiger partial charge in [0, 0.05) is 6.54 Å². The van der Waals surface area contributed by atoms with E-state index < -0.39 is 12.1 Å². The van der Waals surface area contributed by atoms with Gasteiger partial charge in [-0.05, 0) is 17.5 Å². The van der Waals surface area contributed by atoms with Crippen molar-refractivity contribution in [3.63, 3.8) is 0 Å². The van der Waals surface area contributed by atoms with E-state index in [1.165, 1.54) is 0 Å². The summed E-state index contributed by atoms with van der Waals surface area (Å²) in [6.07, 6.45) is -0.759. The zero-order chi connectivity index (χ0) is 13.5. The number of carbonyl (C=O) groups excluding carboxylic acids is 1. The fourth-order valence-corrected chi connectivity index (χ4v) is 1.46. The maximum atomic E-state index is 11.4. The van der Waals surface area contributed by atoms with Gasteiger partial charge < -0.3 is 15.2 Å². The van der Waals surface area contributed by atoms with Gasteiger partial charge in [0.2, 0.25) is 0 Å². The van der Waals surface area contributed by atoms with Crippen LogP contribution >= 0.6 is 0 Å². The van der Waals surface area contributed by atoms with Crippen LogP contribution in [0.2, 0.25) is 0 Å². The largest absolute Gasteiger partial charge is 0.481 e. The first kappa shape index (κ1) is 14.0. The molecule has 0 radical (unpaired) electrons. The molecule has 0 unspecified atom stereocenters. The van der Waals surface area contributed by atoms with E-state index in [0.717, 1.165) is 5.56 Å². The summed E-state index contributed by atoms with van der Waals surface area (Å²) in [6, 6.07) is 7.27. The number of para-hydroxylation sites is 1. The molecule has 1 rings (SSSR count). The number of benzene rings is 1. The number of carbonyl (C=O) groups is 2. The molecule has 98 valence electrons. The molecule has 2 N–H and O–H groups in total. The lowest BCUT2D eigenvalue weighted by Crippen LogP contribution is -2.29. The molecule has 0 atom stereocenters. The number of rotatable bonds is 5. The van der Waals surface area contributed by atoms with Crippen LogP contribution < -0.4 is 10.1 Å². The molecule has 5 nitrogen and oxygen atoms in total. The second-order valence-corrected chi connectivity index (χ2v) is 4.15. The van der Waals surface area contributed by atoms with E-state index in [1.54, 1.807) is 12.1 Å². The predicted octanol–water partition coefficient (Wildman–Crippen LogP) is 2.37. The summed E-state index contributed by atoms with van der Waals surface area (Å²) < 4.78 is 5.15. The third-order valence-electron chi connectivity index (χ3n) is 2.35. The van der Waals surface area contributed by atoms with Crippen molar-refractivity contribution in [2.45, 2.75) is 26.2 Å². The zero-order valence-corrected chi connectivity index (χ0v) is 10.5. The van der Waals surface area contributed by atoms with E-state index >= 15 is 0 Å². The molecule has 0 aliphatic carbocycles. The Hall–Kier alpha value is -2.04. The third kappa shape index (κ3) is 4.45. The minimum absolute atomic E-state index is 0.0536. The van der Waals surface area contributed by atoms with Gasteiger partial charge >= 0.3 is 12.1 Å². The Morgan fingerprint density at radius 3 is 2.61 bits per heavy atom. The van der Waals surface area contributed by atoms with E-state index in [9.17, 15) is 9.59 Å². The fourth-order valence-electron chi connectivity index (χ4n) is 1.46. The first-order chi connectivity index (χ1) is 8.50. The summed E-state index contributed by atoms with van der Waals surface area (Å²) in [5.41, 5.74) is 0.936. The van der Waals surface area contributed by atoms with Gasteiger partial charge in [-0.25, -0.2) is 4.79 Å². The smallest absolute Gasteiger partial charge is 0.412 e. The normalized spacial score (nSPS) is 10.2. The van der Waals surface area contributed by atoms with Gasteiger partial charge in [-0.15, -0.1) is 0 Å². The van der Waals surface area contributed by atoms with Crippen LogP contribution in [0, 0.1) is 0 Å². The van der Waals surface area contributed by atoms with Crippen molar-refractivity contribution in [1.82, 2.24) is 5.32 Å². The molecule has 0 aliphatic rings. The number of aliphatic carboxylic acids is 1. The molecule has 1 amide bonds. The number of carboxylic acid groups (broad SMARTS) is 1. The highest BCUT2D eigenvalue weighted by molar-refractivity contribution is 5.72. The van der Waals surface area contributed by atoms with Crippen molar-refractivity contribution >= 4 is 12.1 Å². The van der Waals surface area contributed by atoms with Crippen LogP contribution in [0.1, 0.15) is 31.7 Å². The van der Waals surface area contributed by atoms with Crippen molar-refractivity contribution in [3.8, 4) is 5.75 Å². The fraction of sp³-hybridized carbons (Fsp3) is 0.385. The summed E-state index contributed by atoms with van der Waals surface area (Å²) in [5.74, 6) is -0.216. The first-order valence-corrected chi connectivity index (χ1v) is 5.77. The van der Waals surface area contributed by atoms with Gasteiger partial charge in [-0.3, -0.25) is 4.79 Å². The molecular formula is C13H17NO4. The molecule has 0 fully saturated rings. The number of amides is 1. The molecule has 0 saturated carbocycles. The predicted molar refractivity (Wildman–Crippen MR) is 66.8 cm³/mol. The van der Waals surface area contributed by atoms with E-state index in [0.29, 0.717) is 5.75 Å². The topological polar surface area (TPSA) is 75.6 Å². The zero-order valence-electron chi connectivity index (χ0n) is 10.5. The molecule has 0 aromatic heterocycles. The molecule has 0 spiro atoms. The van der Waals surface area contributed by atoms with E-state index in [-0.39, 0.29) is 18.9 Å². The molecule has 0 bridgehead atoms. The lowest BCUT2D eigenvalue weighted by molar-refractivity contribution is -0.136. The van der Waals surface area contributed by atoms with Gasteiger partial charge in [-0.1, -0.05) is 32.0 Å². The van der Waals surface area contributed by atoms with Gasteiger partial charge in [0.25, 0.3) is 0 Å². The Morgan fingerprint density at radius 1 is 1.33 bits per heavy atom. The molecule has 1 aromatic rings. The SMILES string of the molecule is CC(C)c1ccccc1OC(=O)NCCC(=O)O. The minimum atomic E-state index is -0.960. The van der Waals surface area contributed by atoms with Gasteiger partial charge in [0.05, 0.1) is 6.42 Å². The highest BCUT2D eigenvalue weighted by atomic mass is 16.6. The summed E-state index contributed by atoms with van der Waals surface area (Å²) in [4.78, 5) is 21.7. The Morgan fingerprint density at radius 2 is 2.00 bits per heavy atom. The molecular weight excluding hydrogens is 234 g/mol. The van der Waals surface area contributed by atoms with Crippen LogP contribution in [0.25, 0.3) is 0 Å². The summed E-state index contributed by atoms with van der Waals surface area (Å²) in [6.45, 7) is 4.06. The molecule has 1 aromatic carbocycles. The Kier molecular flexibility index (Phi) is 5.17. The average molecular weight is 251 g/mol. The second-order valence-electron chi connectivity index (χ2n) is 4.15. The van der Waals surface area contributed by atoms with E-state index in [4.69, 9.17) is 9.84 Å². The molecule has 0 heterocycles. The van der Waals surface area contributed by atoms with Crippen molar-refractivity contribution < 1.29 is 19.4 Å². The highest BCUT2D eigenvalue weighted by Crippen LogP contribution is 2.25. The van der Waals surface area contributed by atoms with Crippen molar-refractivity contribution in [1.29, 1.82) is 0 Å². The quantitative estimate of drug-likeness (QED) is 0.842. The van der Waals surface area contributed by atoms with Gasteiger partial charge in [-0.2, -0.15) is 0 Å². The summed E-state index contributed by atoms with van der Waals surface area (Å²) in [7, 11) is 0. The van der Waals surface area contributed by atoms with E-state index in [1.807, 2.05) is 26.0 Å². The van der Waals surface area contributed by atoms with E-state index in [2.05, 4.69) is 5.32 Å². The second kappa shape index (κ2) is 6.64. The van der Waals surface area contributed by atoms with Crippen LogP contribution in [0.3, 0.4) is 0 Å². The number of hydrogen-bond acceptors (Lipinski definition) is 3. The van der Waals surface area contributed by atoms with Crippen molar-refractivity contribution in [2.75, 3.05) is 6.54 Å². The summed E-state index contributed by atoms with van der Waals surface area (Å²) >= 11 is 0. The number of nitrogens with one attached hydrogen (secondary N) is 1. The summed E-state index contributed by atoms with van der Waals surface area (Å²) in [5, 5.41) is 10.8. The Bertz CT molecular complexity index is 429. The highest BCUT2D eigenvalue weighted by Gasteiger charge is 2.11. The standard InChI is InChI=1S/C13H17NO4/c1-9(2)10-5-3-4-6-11(10)18-13(17)14-8-7-12(15)16/h3-6,9H,7-8H2,1-2H3,(H,14,17)(H,15,16). The molecule has 5 heteroatoms. The molecule has 18 heavy (non-hydrogen) atoms. The van der Waals surface area contributed by atoms with Crippen LogP contribution in [0.5, 0.6) is 5.75 Å². The van der Waals surface area contributed by atoms with Gasteiger partial charge in [0.1, 0.15) is 5.75 Å². The van der Waals surface area contributed by atoms with Crippen LogP contribution in [0.15, 0.2) is 24.3 Å². The third-order valence-corrected chi connectivity index (χ3v) is 2.35. The number of hydrogen-bond donors (Lipinski definition) is 2.